The number of rotatable bonds is 5. The first kappa shape index (κ1) is 15.3. The van der Waals surface area contributed by atoms with E-state index in [0.29, 0.717) is 21.5 Å². The maximum absolute atomic E-state index is 13.4. The van der Waals surface area contributed by atoms with Gasteiger partial charge in [0.2, 0.25) is 0 Å². The summed E-state index contributed by atoms with van der Waals surface area (Å²) in [5.41, 5.74) is 0.915. The van der Waals surface area contributed by atoms with Crippen LogP contribution in [0.15, 0.2) is 46.9 Å². The van der Waals surface area contributed by atoms with Crippen molar-refractivity contribution in [2.75, 3.05) is 12.4 Å². The second-order valence-electron chi connectivity index (χ2n) is 4.31. The molecule has 1 unspecified atom stereocenters. The van der Waals surface area contributed by atoms with Gasteiger partial charge in [0.1, 0.15) is 11.6 Å². The molecule has 110 valence electrons. The number of carbonyl (C=O) groups is 1. The normalized spacial score (nSPS) is 11.8. The standard InChI is InChI=1S/C15H13BrFNO3/c1-21-11-5-3-10(4-6-11)18-14(15(19)20)12-8-9(17)2-7-13(12)16/h2-8,14,18H,1H3,(H,19,20). The fraction of sp³-hybridized carbons (Fsp3) is 0.133. The van der Waals surface area contributed by atoms with Crippen LogP contribution in [0, 0.1) is 5.82 Å². The summed E-state index contributed by atoms with van der Waals surface area (Å²) >= 11 is 3.25. The minimum Gasteiger partial charge on any atom is -0.497 e. The number of carboxylic acid groups (broad SMARTS) is 1. The predicted molar refractivity (Wildman–Crippen MR) is 81.1 cm³/mol. The molecule has 0 aliphatic rings. The van der Waals surface area contributed by atoms with Crippen molar-refractivity contribution in [3.8, 4) is 5.75 Å². The van der Waals surface area contributed by atoms with Crippen molar-refractivity contribution >= 4 is 27.6 Å². The van der Waals surface area contributed by atoms with Crippen LogP contribution in [0.4, 0.5) is 10.1 Å². The third kappa shape index (κ3) is 3.72. The van der Waals surface area contributed by atoms with Crippen molar-refractivity contribution in [3.63, 3.8) is 0 Å². The van der Waals surface area contributed by atoms with Crippen molar-refractivity contribution in [1.29, 1.82) is 0 Å². The molecule has 0 aliphatic heterocycles. The number of aliphatic carboxylic acids is 1. The molecule has 0 spiro atoms. The Morgan fingerprint density at radius 1 is 1.29 bits per heavy atom. The van der Waals surface area contributed by atoms with Crippen LogP contribution in [0.3, 0.4) is 0 Å². The fourth-order valence-corrected chi connectivity index (χ4v) is 2.34. The van der Waals surface area contributed by atoms with Crippen molar-refractivity contribution in [3.05, 3.63) is 58.3 Å². The molecule has 1 atom stereocenters. The summed E-state index contributed by atoms with van der Waals surface area (Å²) in [6, 6.07) is 9.69. The Balaban J connectivity index is 2.30. The predicted octanol–water partition coefficient (Wildman–Crippen LogP) is 3.83. The van der Waals surface area contributed by atoms with Gasteiger partial charge in [-0.3, -0.25) is 0 Å². The molecule has 0 aliphatic carbocycles. The van der Waals surface area contributed by atoms with E-state index in [1.54, 1.807) is 31.4 Å². The van der Waals surface area contributed by atoms with E-state index < -0.39 is 17.8 Å². The minimum absolute atomic E-state index is 0.318. The average Bonchev–Trinajstić information content (AvgIpc) is 2.48. The lowest BCUT2D eigenvalue weighted by Crippen LogP contribution is -2.21. The molecule has 0 aromatic heterocycles. The van der Waals surface area contributed by atoms with Crippen LogP contribution in [0.25, 0.3) is 0 Å². The van der Waals surface area contributed by atoms with Crippen LogP contribution in [0.1, 0.15) is 11.6 Å². The molecule has 0 bridgehead atoms. The third-order valence-electron chi connectivity index (χ3n) is 2.92. The summed E-state index contributed by atoms with van der Waals surface area (Å²) in [6.45, 7) is 0. The third-order valence-corrected chi connectivity index (χ3v) is 3.64. The van der Waals surface area contributed by atoms with Gasteiger partial charge < -0.3 is 15.2 Å². The molecule has 4 nitrogen and oxygen atoms in total. The number of nitrogens with one attached hydrogen (secondary N) is 1. The van der Waals surface area contributed by atoms with Gasteiger partial charge in [0.05, 0.1) is 7.11 Å². The van der Waals surface area contributed by atoms with E-state index in [2.05, 4.69) is 21.2 Å². The second kappa shape index (κ2) is 6.58. The summed E-state index contributed by atoms with van der Waals surface area (Å²) in [4.78, 5) is 11.5. The topological polar surface area (TPSA) is 58.6 Å². The van der Waals surface area contributed by atoms with E-state index in [1.807, 2.05) is 0 Å². The molecule has 0 heterocycles. The van der Waals surface area contributed by atoms with Crippen LogP contribution < -0.4 is 10.1 Å². The summed E-state index contributed by atoms with van der Waals surface area (Å²) in [5.74, 6) is -0.924. The quantitative estimate of drug-likeness (QED) is 0.857. The van der Waals surface area contributed by atoms with E-state index in [1.165, 1.54) is 18.2 Å². The number of halogens is 2. The molecule has 2 aromatic rings. The number of methoxy groups -OCH3 is 1. The minimum atomic E-state index is -1.10. The van der Waals surface area contributed by atoms with Crippen molar-refractivity contribution in [1.82, 2.24) is 0 Å². The van der Waals surface area contributed by atoms with E-state index in [9.17, 15) is 14.3 Å². The largest absolute Gasteiger partial charge is 0.497 e. The molecule has 0 radical (unpaired) electrons. The Bertz CT molecular complexity index is 646. The Kier molecular flexibility index (Phi) is 4.80. The second-order valence-corrected chi connectivity index (χ2v) is 5.16. The lowest BCUT2D eigenvalue weighted by Gasteiger charge is -2.18. The molecule has 0 fully saturated rings. The lowest BCUT2D eigenvalue weighted by molar-refractivity contribution is -0.138. The first-order chi connectivity index (χ1) is 10.0. The smallest absolute Gasteiger partial charge is 0.330 e. The number of benzene rings is 2. The Hall–Kier alpha value is -2.08. The molecule has 0 saturated carbocycles. The summed E-state index contributed by atoms with van der Waals surface area (Å²) in [5, 5.41) is 12.2. The van der Waals surface area contributed by atoms with E-state index >= 15 is 0 Å². The van der Waals surface area contributed by atoms with Crippen LogP contribution in [0.5, 0.6) is 5.75 Å². The maximum atomic E-state index is 13.4. The van der Waals surface area contributed by atoms with Crippen LogP contribution in [-0.2, 0) is 4.79 Å². The number of hydrogen-bond donors (Lipinski definition) is 2. The number of hydrogen-bond acceptors (Lipinski definition) is 3. The average molecular weight is 354 g/mol. The molecule has 2 N–H and O–H groups in total. The molecular formula is C15H13BrFNO3. The zero-order valence-electron chi connectivity index (χ0n) is 11.1. The van der Waals surface area contributed by atoms with Crippen LogP contribution >= 0.6 is 15.9 Å². The summed E-state index contributed by atoms with van der Waals surface area (Å²) in [7, 11) is 1.55. The molecule has 2 rings (SSSR count). The van der Waals surface area contributed by atoms with Gasteiger partial charge in [-0.2, -0.15) is 0 Å². The van der Waals surface area contributed by atoms with E-state index in [0.717, 1.165) is 0 Å². The van der Waals surface area contributed by atoms with Crippen molar-refractivity contribution < 1.29 is 19.0 Å². The van der Waals surface area contributed by atoms with Gasteiger partial charge >= 0.3 is 5.97 Å². The van der Waals surface area contributed by atoms with Crippen LogP contribution in [0.2, 0.25) is 0 Å². The van der Waals surface area contributed by atoms with Gasteiger partial charge in [-0.1, -0.05) is 15.9 Å². The molecule has 2 aromatic carbocycles. The first-order valence-corrected chi connectivity index (χ1v) is 6.89. The molecule has 6 heteroatoms. The van der Waals surface area contributed by atoms with Gasteiger partial charge in [-0.25, -0.2) is 9.18 Å². The molecule has 0 saturated heterocycles. The van der Waals surface area contributed by atoms with Gasteiger partial charge in [-0.15, -0.1) is 0 Å². The highest BCUT2D eigenvalue weighted by Crippen LogP contribution is 2.28. The molecular weight excluding hydrogens is 341 g/mol. The Labute approximate surface area is 129 Å². The molecule has 21 heavy (non-hydrogen) atoms. The van der Waals surface area contributed by atoms with Crippen molar-refractivity contribution in [2.24, 2.45) is 0 Å². The first-order valence-electron chi connectivity index (χ1n) is 6.09. The van der Waals surface area contributed by atoms with Crippen molar-refractivity contribution in [2.45, 2.75) is 6.04 Å². The van der Waals surface area contributed by atoms with Gasteiger partial charge in [0.25, 0.3) is 0 Å². The zero-order valence-corrected chi connectivity index (χ0v) is 12.7. The monoisotopic (exact) mass is 353 g/mol. The number of anilines is 1. The fourth-order valence-electron chi connectivity index (χ4n) is 1.86. The highest BCUT2D eigenvalue weighted by atomic mass is 79.9. The number of carboxylic acids is 1. The van der Waals surface area contributed by atoms with E-state index in [4.69, 9.17) is 4.74 Å². The Morgan fingerprint density at radius 2 is 1.95 bits per heavy atom. The maximum Gasteiger partial charge on any atom is 0.330 e. The molecule has 0 amide bonds. The number of ether oxygens (including phenoxy) is 1. The SMILES string of the molecule is COc1ccc(NC(C(=O)O)c2cc(F)ccc2Br)cc1. The Morgan fingerprint density at radius 3 is 2.52 bits per heavy atom. The van der Waals surface area contributed by atoms with Gasteiger partial charge in [0.15, 0.2) is 6.04 Å². The van der Waals surface area contributed by atoms with Crippen LogP contribution in [-0.4, -0.2) is 18.2 Å². The zero-order chi connectivity index (χ0) is 15.4. The highest BCUT2D eigenvalue weighted by Gasteiger charge is 2.22. The van der Waals surface area contributed by atoms with Gasteiger partial charge in [-0.05, 0) is 42.5 Å². The lowest BCUT2D eigenvalue weighted by atomic mass is 10.1. The van der Waals surface area contributed by atoms with Gasteiger partial charge in [0, 0.05) is 15.7 Å². The van der Waals surface area contributed by atoms with E-state index in [-0.39, 0.29) is 0 Å². The summed E-state index contributed by atoms with van der Waals surface area (Å²) in [6.07, 6.45) is 0. The summed E-state index contributed by atoms with van der Waals surface area (Å²) < 4.78 is 18.9. The highest BCUT2D eigenvalue weighted by molar-refractivity contribution is 9.10.